The molecule has 0 aliphatic heterocycles. The predicted octanol–water partition coefficient (Wildman–Crippen LogP) is 3.71. The number of carbonyl (C=O) groups is 1. The molecule has 3 nitrogen and oxygen atoms in total. The largest absolute Gasteiger partial charge is 0.294 e. The number of hydrogen-bond acceptors (Lipinski definition) is 3. The van der Waals surface area contributed by atoms with E-state index in [-0.39, 0.29) is 5.78 Å². The summed E-state index contributed by atoms with van der Waals surface area (Å²) in [4.78, 5) is 12.1. The van der Waals surface area contributed by atoms with Crippen molar-refractivity contribution in [2.24, 2.45) is 0 Å². The van der Waals surface area contributed by atoms with Crippen molar-refractivity contribution < 1.29 is 4.79 Å². The van der Waals surface area contributed by atoms with Gasteiger partial charge in [0.25, 0.3) is 0 Å². The molecule has 0 atom stereocenters. The summed E-state index contributed by atoms with van der Waals surface area (Å²) in [5.74, 6) is 0.147. The van der Waals surface area contributed by atoms with Crippen LogP contribution in [0.1, 0.15) is 35.6 Å². The Hall–Kier alpha value is -0.940. The summed E-state index contributed by atoms with van der Waals surface area (Å²) >= 11 is 4.91. The number of aromatic nitrogens is 2. The van der Waals surface area contributed by atoms with Gasteiger partial charge >= 0.3 is 0 Å². The molecule has 5 heteroatoms. The normalized spacial score (nSPS) is 10.8. The van der Waals surface area contributed by atoms with Crippen molar-refractivity contribution in [3.63, 3.8) is 0 Å². The maximum absolute atomic E-state index is 12.1. The van der Waals surface area contributed by atoms with Gasteiger partial charge in [0, 0.05) is 23.2 Å². The van der Waals surface area contributed by atoms with E-state index < -0.39 is 0 Å². The van der Waals surface area contributed by atoms with E-state index in [0.717, 1.165) is 33.7 Å². The fraction of sp³-hybridized carbons (Fsp3) is 0.385. The highest BCUT2D eigenvalue weighted by Gasteiger charge is 2.13. The lowest BCUT2D eigenvalue weighted by Crippen LogP contribution is -2.09. The van der Waals surface area contributed by atoms with Gasteiger partial charge in [0.05, 0.1) is 15.9 Å². The van der Waals surface area contributed by atoms with E-state index >= 15 is 0 Å². The third-order valence-corrected chi connectivity index (χ3v) is 4.31. The van der Waals surface area contributed by atoms with Gasteiger partial charge in [-0.3, -0.25) is 9.48 Å². The second kappa shape index (κ2) is 5.80. The maximum Gasteiger partial charge on any atom is 0.169 e. The lowest BCUT2D eigenvalue weighted by atomic mass is 10.1. The Morgan fingerprint density at radius 2 is 2.22 bits per heavy atom. The first-order chi connectivity index (χ1) is 8.63. The standard InChI is InChI=1S/C13H15BrN2OS/c1-3-10-6-11(16(4-2)15-10)7-12(17)9-5-13(14)18-8-9/h5-6,8H,3-4,7H2,1-2H3. The first kappa shape index (κ1) is 13.5. The van der Waals surface area contributed by atoms with E-state index in [9.17, 15) is 4.79 Å². The summed E-state index contributed by atoms with van der Waals surface area (Å²) in [5, 5.41) is 6.35. The maximum atomic E-state index is 12.1. The van der Waals surface area contributed by atoms with Gasteiger partial charge in [0.15, 0.2) is 5.78 Å². The number of thiophene rings is 1. The molecule has 2 heterocycles. The van der Waals surface area contributed by atoms with Gasteiger partial charge in [0.2, 0.25) is 0 Å². The molecular weight excluding hydrogens is 312 g/mol. The zero-order chi connectivity index (χ0) is 13.1. The summed E-state index contributed by atoms with van der Waals surface area (Å²) in [6.07, 6.45) is 1.32. The summed E-state index contributed by atoms with van der Waals surface area (Å²) in [6.45, 7) is 4.92. The fourth-order valence-corrected chi connectivity index (χ4v) is 2.99. The van der Waals surface area contributed by atoms with Crippen LogP contribution in [0, 0.1) is 0 Å². The third kappa shape index (κ3) is 2.90. The number of ketones is 1. The zero-order valence-electron chi connectivity index (χ0n) is 10.4. The van der Waals surface area contributed by atoms with Crippen LogP contribution in [0.3, 0.4) is 0 Å². The second-order valence-corrected chi connectivity index (χ2v) is 6.33. The molecule has 0 aliphatic rings. The Kier molecular flexibility index (Phi) is 4.35. The van der Waals surface area contributed by atoms with Crippen molar-refractivity contribution in [3.05, 3.63) is 38.3 Å². The highest BCUT2D eigenvalue weighted by molar-refractivity contribution is 9.11. The van der Waals surface area contributed by atoms with Gasteiger partial charge in [-0.2, -0.15) is 5.10 Å². The summed E-state index contributed by atoms with van der Waals surface area (Å²) in [7, 11) is 0. The van der Waals surface area contributed by atoms with Gasteiger partial charge in [-0.25, -0.2) is 0 Å². The molecule has 0 saturated carbocycles. The summed E-state index contributed by atoms with van der Waals surface area (Å²) in [5.41, 5.74) is 2.82. The van der Waals surface area contributed by atoms with Crippen molar-refractivity contribution in [1.82, 2.24) is 9.78 Å². The molecule has 0 N–H and O–H groups in total. The van der Waals surface area contributed by atoms with Gasteiger partial charge in [-0.15, -0.1) is 11.3 Å². The van der Waals surface area contributed by atoms with Crippen LogP contribution in [0.2, 0.25) is 0 Å². The minimum absolute atomic E-state index is 0.147. The molecule has 0 spiro atoms. The van der Waals surface area contributed by atoms with E-state index in [2.05, 4.69) is 28.0 Å². The predicted molar refractivity (Wildman–Crippen MR) is 77.3 cm³/mol. The van der Waals surface area contributed by atoms with E-state index in [1.54, 1.807) is 0 Å². The molecule has 0 unspecified atom stereocenters. The Balaban J connectivity index is 2.18. The molecule has 96 valence electrons. The minimum Gasteiger partial charge on any atom is -0.294 e. The summed E-state index contributed by atoms with van der Waals surface area (Å²) < 4.78 is 2.90. The first-order valence-electron chi connectivity index (χ1n) is 5.96. The molecule has 0 aliphatic carbocycles. The molecule has 0 bridgehead atoms. The molecule has 0 fully saturated rings. The number of nitrogens with zero attached hydrogens (tertiary/aromatic N) is 2. The van der Waals surface area contributed by atoms with Crippen LogP contribution in [0.5, 0.6) is 0 Å². The molecule has 2 aromatic rings. The molecule has 0 amide bonds. The smallest absolute Gasteiger partial charge is 0.169 e. The van der Waals surface area contributed by atoms with Crippen LogP contribution in [-0.2, 0) is 19.4 Å². The number of rotatable bonds is 5. The SMILES string of the molecule is CCc1cc(CC(=O)c2csc(Br)c2)n(CC)n1. The average molecular weight is 327 g/mol. The highest BCUT2D eigenvalue weighted by Crippen LogP contribution is 2.22. The van der Waals surface area contributed by atoms with E-state index in [0.29, 0.717) is 6.42 Å². The fourth-order valence-electron chi connectivity index (χ4n) is 1.83. The van der Waals surface area contributed by atoms with Gasteiger partial charge in [-0.05, 0) is 41.4 Å². The number of Topliss-reactive ketones (excluding diaryl/α,β-unsaturated/α-hetero) is 1. The Labute approximate surface area is 119 Å². The lowest BCUT2D eigenvalue weighted by Gasteiger charge is -2.02. The number of aryl methyl sites for hydroxylation is 2. The number of hydrogen-bond donors (Lipinski definition) is 0. The van der Waals surface area contributed by atoms with Crippen molar-refractivity contribution in [1.29, 1.82) is 0 Å². The Morgan fingerprint density at radius 1 is 1.44 bits per heavy atom. The molecule has 0 radical (unpaired) electrons. The van der Waals surface area contributed by atoms with Crippen molar-refractivity contribution in [2.75, 3.05) is 0 Å². The Morgan fingerprint density at radius 3 is 2.78 bits per heavy atom. The van der Waals surface area contributed by atoms with E-state index in [4.69, 9.17) is 0 Å². The van der Waals surface area contributed by atoms with Crippen molar-refractivity contribution >= 4 is 33.0 Å². The van der Waals surface area contributed by atoms with Crippen molar-refractivity contribution in [2.45, 2.75) is 33.2 Å². The molecule has 0 saturated heterocycles. The van der Waals surface area contributed by atoms with Gasteiger partial charge in [-0.1, -0.05) is 6.92 Å². The topological polar surface area (TPSA) is 34.9 Å². The van der Waals surface area contributed by atoms with Crippen LogP contribution in [0.15, 0.2) is 21.3 Å². The van der Waals surface area contributed by atoms with Crippen LogP contribution in [-0.4, -0.2) is 15.6 Å². The zero-order valence-corrected chi connectivity index (χ0v) is 12.8. The van der Waals surface area contributed by atoms with Crippen molar-refractivity contribution in [3.8, 4) is 0 Å². The number of carbonyl (C=O) groups excluding carboxylic acids is 1. The minimum atomic E-state index is 0.147. The molecule has 2 rings (SSSR count). The van der Waals surface area contributed by atoms with Crippen LogP contribution in [0.25, 0.3) is 0 Å². The number of halogens is 1. The second-order valence-electron chi connectivity index (χ2n) is 4.04. The highest BCUT2D eigenvalue weighted by atomic mass is 79.9. The van der Waals surface area contributed by atoms with Gasteiger partial charge in [0.1, 0.15) is 0 Å². The molecule has 2 aromatic heterocycles. The lowest BCUT2D eigenvalue weighted by molar-refractivity contribution is 0.0991. The van der Waals surface area contributed by atoms with E-state index in [1.165, 1.54) is 11.3 Å². The van der Waals surface area contributed by atoms with Crippen LogP contribution in [0.4, 0.5) is 0 Å². The monoisotopic (exact) mass is 326 g/mol. The average Bonchev–Trinajstić information content (AvgIpc) is 2.95. The van der Waals surface area contributed by atoms with Gasteiger partial charge < -0.3 is 0 Å². The molecular formula is C13H15BrN2OS. The quantitative estimate of drug-likeness (QED) is 0.785. The molecule has 18 heavy (non-hydrogen) atoms. The van der Waals surface area contributed by atoms with Crippen LogP contribution >= 0.6 is 27.3 Å². The van der Waals surface area contributed by atoms with E-state index in [1.807, 2.05) is 29.1 Å². The molecule has 0 aromatic carbocycles. The third-order valence-electron chi connectivity index (χ3n) is 2.81. The first-order valence-corrected chi connectivity index (χ1v) is 7.64. The summed E-state index contributed by atoms with van der Waals surface area (Å²) in [6, 6.07) is 3.91. The van der Waals surface area contributed by atoms with Crippen LogP contribution < -0.4 is 0 Å². The Bertz CT molecular complexity index is 559.